The Morgan fingerprint density at radius 2 is 1.65 bits per heavy atom. The van der Waals surface area contributed by atoms with E-state index in [1.54, 1.807) is 32.0 Å². The van der Waals surface area contributed by atoms with Gasteiger partial charge in [-0.2, -0.15) is 0 Å². The zero-order chi connectivity index (χ0) is 19.8. The van der Waals surface area contributed by atoms with Gasteiger partial charge in [0.2, 0.25) is 0 Å². The van der Waals surface area contributed by atoms with E-state index < -0.39 is 29.2 Å². The standard InChI is InChI=1S/C19H28O7/c1-4-7-13-18(6-3,15(5-2)19(22,23)24)17(21)26-25-16(20)14-11-9-8-10-12-14/h8-12,15,22-24H,4-7,13H2,1-3H3. The lowest BCUT2D eigenvalue weighted by Crippen LogP contribution is -2.51. The van der Waals surface area contributed by atoms with E-state index in [-0.39, 0.29) is 24.8 Å². The SMILES string of the molecule is CCCCC(CC)(C(=O)OOC(=O)c1ccccc1)C(CC)C(O)(O)O. The fourth-order valence-electron chi connectivity index (χ4n) is 3.29. The molecule has 0 aliphatic heterocycles. The van der Waals surface area contributed by atoms with Gasteiger partial charge in [-0.1, -0.05) is 51.8 Å². The number of aliphatic hydroxyl groups is 3. The van der Waals surface area contributed by atoms with Crippen molar-refractivity contribution in [1.29, 1.82) is 0 Å². The summed E-state index contributed by atoms with van der Waals surface area (Å²) in [5.41, 5.74) is -1.19. The topological polar surface area (TPSA) is 113 Å². The van der Waals surface area contributed by atoms with E-state index in [4.69, 9.17) is 4.89 Å². The average molecular weight is 368 g/mol. The minimum Gasteiger partial charge on any atom is -0.343 e. The minimum absolute atomic E-state index is 0.114. The largest absolute Gasteiger partial charge is 0.386 e. The van der Waals surface area contributed by atoms with E-state index >= 15 is 0 Å². The summed E-state index contributed by atoms with van der Waals surface area (Å²) >= 11 is 0. The van der Waals surface area contributed by atoms with Gasteiger partial charge in [0, 0.05) is 0 Å². The van der Waals surface area contributed by atoms with Crippen LogP contribution in [-0.2, 0) is 14.6 Å². The summed E-state index contributed by atoms with van der Waals surface area (Å²) in [7, 11) is 0. The second-order valence-corrected chi connectivity index (χ2v) is 6.37. The number of hydrogen-bond acceptors (Lipinski definition) is 7. The van der Waals surface area contributed by atoms with Crippen LogP contribution in [0.2, 0.25) is 0 Å². The van der Waals surface area contributed by atoms with E-state index in [0.717, 1.165) is 6.42 Å². The first-order valence-electron chi connectivity index (χ1n) is 8.88. The second kappa shape index (κ2) is 9.66. The van der Waals surface area contributed by atoms with Crippen molar-refractivity contribution in [1.82, 2.24) is 0 Å². The zero-order valence-corrected chi connectivity index (χ0v) is 15.5. The number of hydrogen-bond donors (Lipinski definition) is 3. The molecular weight excluding hydrogens is 340 g/mol. The molecule has 0 spiro atoms. The molecule has 1 rings (SSSR count). The number of carbonyl (C=O) groups is 2. The van der Waals surface area contributed by atoms with Crippen LogP contribution in [0.3, 0.4) is 0 Å². The Hall–Kier alpha value is -1.96. The smallest absolute Gasteiger partial charge is 0.343 e. The monoisotopic (exact) mass is 368 g/mol. The number of unbranched alkanes of at least 4 members (excludes halogenated alkanes) is 1. The van der Waals surface area contributed by atoms with Gasteiger partial charge in [-0.3, -0.25) is 0 Å². The van der Waals surface area contributed by atoms with Crippen molar-refractivity contribution in [3.05, 3.63) is 35.9 Å². The van der Waals surface area contributed by atoms with Gasteiger partial charge in [0.05, 0.1) is 16.9 Å². The molecule has 0 aliphatic rings. The number of carbonyl (C=O) groups excluding carboxylic acids is 2. The lowest BCUT2D eigenvalue weighted by Gasteiger charge is -2.40. The highest BCUT2D eigenvalue weighted by Crippen LogP contribution is 2.44. The molecule has 7 nitrogen and oxygen atoms in total. The highest BCUT2D eigenvalue weighted by Gasteiger charge is 2.53. The molecule has 0 saturated carbocycles. The number of benzene rings is 1. The lowest BCUT2D eigenvalue weighted by atomic mass is 9.67. The third kappa shape index (κ3) is 5.27. The van der Waals surface area contributed by atoms with E-state index in [0.29, 0.717) is 6.42 Å². The Balaban J connectivity index is 3.01. The summed E-state index contributed by atoms with van der Waals surface area (Å²) in [4.78, 5) is 34.1. The van der Waals surface area contributed by atoms with Crippen LogP contribution in [0.4, 0.5) is 0 Å². The molecule has 2 atom stereocenters. The normalized spacial score (nSPS) is 15.0. The van der Waals surface area contributed by atoms with E-state index in [1.807, 2.05) is 6.92 Å². The molecule has 0 aromatic heterocycles. The molecule has 0 saturated heterocycles. The van der Waals surface area contributed by atoms with Crippen LogP contribution in [0.25, 0.3) is 0 Å². The maximum absolute atomic E-state index is 12.8. The Morgan fingerprint density at radius 1 is 1.04 bits per heavy atom. The molecule has 0 amide bonds. The predicted molar refractivity (Wildman–Crippen MR) is 93.4 cm³/mol. The van der Waals surface area contributed by atoms with Crippen molar-refractivity contribution >= 4 is 11.9 Å². The van der Waals surface area contributed by atoms with Gasteiger partial charge in [-0.15, -0.1) is 0 Å². The molecule has 0 bridgehead atoms. The summed E-state index contributed by atoms with van der Waals surface area (Å²) in [6, 6.07) is 8.02. The number of rotatable bonds is 9. The van der Waals surface area contributed by atoms with Crippen LogP contribution in [0.5, 0.6) is 0 Å². The molecule has 146 valence electrons. The van der Waals surface area contributed by atoms with Crippen LogP contribution < -0.4 is 0 Å². The maximum atomic E-state index is 12.8. The van der Waals surface area contributed by atoms with Crippen molar-refractivity contribution in [2.75, 3.05) is 0 Å². The first-order chi connectivity index (χ1) is 12.2. The van der Waals surface area contributed by atoms with Crippen molar-refractivity contribution in [3.63, 3.8) is 0 Å². The first-order valence-corrected chi connectivity index (χ1v) is 8.88. The third-order valence-corrected chi connectivity index (χ3v) is 4.76. The fourth-order valence-corrected chi connectivity index (χ4v) is 3.29. The highest BCUT2D eigenvalue weighted by molar-refractivity contribution is 5.89. The predicted octanol–water partition coefficient (Wildman–Crippen LogP) is 2.55. The van der Waals surface area contributed by atoms with Crippen LogP contribution >= 0.6 is 0 Å². The highest BCUT2D eigenvalue weighted by atomic mass is 17.2. The summed E-state index contributed by atoms with van der Waals surface area (Å²) in [6.45, 7) is 5.23. The summed E-state index contributed by atoms with van der Waals surface area (Å²) in [6.07, 6.45) is 1.90. The molecule has 0 aliphatic carbocycles. The molecule has 2 unspecified atom stereocenters. The van der Waals surface area contributed by atoms with Crippen molar-refractivity contribution in [2.45, 2.75) is 58.8 Å². The Bertz CT molecular complexity index is 579. The van der Waals surface area contributed by atoms with Gasteiger partial charge in [0.1, 0.15) is 0 Å². The van der Waals surface area contributed by atoms with Crippen molar-refractivity contribution in [2.24, 2.45) is 11.3 Å². The van der Waals surface area contributed by atoms with E-state index in [9.17, 15) is 24.9 Å². The van der Waals surface area contributed by atoms with E-state index in [1.165, 1.54) is 12.1 Å². The molecule has 3 N–H and O–H groups in total. The van der Waals surface area contributed by atoms with Crippen molar-refractivity contribution < 1.29 is 34.7 Å². The Kier molecular flexibility index (Phi) is 8.20. The summed E-state index contributed by atoms with van der Waals surface area (Å²) in [5, 5.41) is 29.2. The molecule has 0 radical (unpaired) electrons. The van der Waals surface area contributed by atoms with Gasteiger partial charge in [-0.05, 0) is 31.4 Å². The third-order valence-electron chi connectivity index (χ3n) is 4.76. The second-order valence-electron chi connectivity index (χ2n) is 6.37. The summed E-state index contributed by atoms with van der Waals surface area (Å²) in [5.74, 6) is -6.00. The van der Waals surface area contributed by atoms with Gasteiger partial charge in [0.15, 0.2) is 0 Å². The molecule has 26 heavy (non-hydrogen) atoms. The van der Waals surface area contributed by atoms with Crippen LogP contribution in [0.15, 0.2) is 30.3 Å². The molecule has 1 aromatic carbocycles. The van der Waals surface area contributed by atoms with Gasteiger partial charge < -0.3 is 15.3 Å². The van der Waals surface area contributed by atoms with Crippen LogP contribution in [-0.4, -0.2) is 33.2 Å². The van der Waals surface area contributed by atoms with Gasteiger partial charge >= 0.3 is 11.9 Å². The average Bonchev–Trinajstić information content (AvgIpc) is 2.62. The van der Waals surface area contributed by atoms with Crippen LogP contribution in [0.1, 0.15) is 63.2 Å². The van der Waals surface area contributed by atoms with Crippen molar-refractivity contribution in [3.8, 4) is 0 Å². The molecule has 0 fully saturated rings. The molecule has 7 heteroatoms. The minimum atomic E-state index is -3.05. The van der Waals surface area contributed by atoms with Gasteiger partial charge in [-0.25, -0.2) is 19.4 Å². The fraction of sp³-hybridized carbons (Fsp3) is 0.579. The zero-order valence-electron chi connectivity index (χ0n) is 15.5. The molecule has 0 heterocycles. The quantitative estimate of drug-likeness (QED) is 0.349. The summed E-state index contributed by atoms with van der Waals surface area (Å²) < 4.78 is 0. The maximum Gasteiger partial charge on any atom is 0.386 e. The van der Waals surface area contributed by atoms with Crippen LogP contribution in [0, 0.1) is 11.3 Å². The van der Waals surface area contributed by atoms with Gasteiger partial charge in [0.25, 0.3) is 5.97 Å². The first kappa shape index (κ1) is 22.1. The molecule has 1 aromatic rings. The lowest BCUT2D eigenvalue weighted by molar-refractivity contribution is -0.362. The molecular formula is C19H28O7. The Morgan fingerprint density at radius 3 is 2.12 bits per heavy atom. The Labute approximate surface area is 153 Å². The van der Waals surface area contributed by atoms with E-state index in [2.05, 4.69) is 4.89 Å².